The van der Waals surface area contributed by atoms with Gasteiger partial charge in [-0.15, -0.1) is 24.8 Å². The van der Waals surface area contributed by atoms with Gasteiger partial charge in [0.2, 0.25) is 0 Å². The number of Topliss-reactive ketones (excluding diaryl/α,β-unsaturated/α-hetero) is 1. The first-order chi connectivity index (χ1) is 14.9. The molecule has 1 aliphatic heterocycles. The number of benzene rings is 1. The number of esters is 1. The maximum atomic E-state index is 13.4. The summed E-state index contributed by atoms with van der Waals surface area (Å²) in [4.78, 5) is 29.9. The van der Waals surface area contributed by atoms with Gasteiger partial charge in [0.1, 0.15) is 6.17 Å². The SMILES string of the molecule is CC1N(COC(=O)C2(CN)CC2)C=CN1CC1CCc2c(c3ccccc3n2C)C1=O.Cl.Cl. The van der Waals surface area contributed by atoms with Crippen LogP contribution in [0.15, 0.2) is 36.7 Å². The van der Waals surface area contributed by atoms with E-state index in [4.69, 9.17) is 10.5 Å². The Hall–Kier alpha value is -2.22. The maximum absolute atomic E-state index is 13.4. The summed E-state index contributed by atoms with van der Waals surface area (Å²) in [5.74, 6) is 0.00187. The van der Waals surface area contributed by atoms with Crippen LogP contribution in [0, 0.1) is 11.3 Å². The van der Waals surface area contributed by atoms with Gasteiger partial charge >= 0.3 is 5.97 Å². The molecule has 2 atom stereocenters. The fourth-order valence-corrected chi connectivity index (χ4v) is 4.99. The first-order valence-electron chi connectivity index (χ1n) is 11.1. The van der Waals surface area contributed by atoms with E-state index in [2.05, 4.69) is 35.6 Å². The van der Waals surface area contributed by atoms with Crippen LogP contribution in [0.5, 0.6) is 0 Å². The average molecular weight is 495 g/mol. The van der Waals surface area contributed by atoms with Crippen LogP contribution in [0.4, 0.5) is 0 Å². The molecule has 0 bridgehead atoms. The highest BCUT2D eigenvalue weighted by Gasteiger charge is 2.50. The third-order valence-corrected chi connectivity index (χ3v) is 7.44. The van der Waals surface area contributed by atoms with Crippen molar-refractivity contribution in [3.63, 3.8) is 0 Å². The first-order valence-corrected chi connectivity index (χ1v) is 11.1. The van der Waals surface area contributed by atoms with Gasteiger partial charge in [-0.25, -0.2) is 0 Å². The van der Waals surface area contributed by atoms with Crippen molar-refractivity contribution < 1.29 is 14.3 Å². The number of ether oxygens (including phenoxy) is 1. The van der Waals surface area contributed by atoms with Crippen molar-refractivity contribution >= 4 is 47.5 Å². The number of carbonyl (C=O) groups is 2. The van der Waals surface area contributed by atoms with E-state index in [9.17, 15) is 9.59 Å². The number of hydrogen-bond acceptors (Lipinski definition) is 6. The molecule has 2 N–H and O–H groups in total. The number of carbonyl (C=O) groups excluding carboxylic acids is 2. The van der Waals surface area contributed by atoms with Crippen LogP contribution in [0.2, 0.25) is 0 Å². The monoisotopic (exact) mass is 494 g/mol. The number of hydrogen-bond donors (Lipinski definition) is 1. The molecular weight excluding hydrogens is 463 g/mol. The van der Waals surface area contributed by atoms with Gasteiger partial charge in [-0.05, 0) is 38.7 Å². The molecule has 5 rings (SSSR count). The fraction of sp³-hybridized carbons (Fsp3) is 0.500. The fourth-order valence-electron chi connectivity index (χ4n) is 4.99. The number of aromatic nitrogens is 1. The van der Waals surface area contributed by atoms with Crippen LogP contribution in [-0.2, 0) is 23.0 Å². The lowest BCUT2D eigenvalue weighted by Crippen LogP contribution is -2.42. The molecule has 2 aliphatic carbocycles. The van der Waals surface area contributed by atoms with Gasteiger partial charge in [-0.3, -0.25) is 9.59 Å². The molecule has 7 nitrogen and oxygen atoms in total. The van der Waals surface area contributed by atoms with Gasteiger partial charge in [-0.2, -0.15) is 0 Å². The third kappa shape index (κ3) is 4.22. The van der Waals surface area contributed by atoms with Gasteiger partial charge in [0.25, 0.3) is 0 Å². The highest BCUT2D eigenvalue weighted by atomic mass is 35.5. The second-order valence-corrected chi connectivity index (χ2v) is 9.18. The van der Waals surface area contributed by atoms with Crippen LogP contribution >= 0.6 is 24.8 Å². The van der Waals surface area contributed by atoms with E-state index >= 15 is 0 Å². The van der Waals surface area contributed by atoms with Crippen molar-refractivity contribution in [3.8, 4) is 0 Å². The molecule has 0 amide bonds. The van der Waals surface area contributed by atoms with Crippen molar-refractivity contribution in [1.82, 2.24) is 14.4 Å². The molecule has 0 spiro atoms. The van der Waals surface area contributed by atoms with Crippen molar-refractivity contribution in [2.75, 3.05) is 19.8 Å². The maximum Gasteiger partial charge on any atom is 0.315 e. The van der Waals surface area contributed by atoms with Gasteiger partial charge in [0.05, 0.1) is 5.41 Å². The van der Waals surface area contributed by atoms with E-state index in [0.717, 1.165) is 47.8 Å². The van der Waals surface area contributed by atoms with Crippen molar-refractivity contribution in [2.24, 2.45) is 24.1 Å². The highest BCUT2D eigenvalue weighted by Crippen LogP contribution is 2.45. The number of ketones is 1. The summed E-state index contributed by atoms with van der Waals surface area (Å²) in [7, 11) is 2.05. The number of fused-ring (bicyclic) bond motifs is 3. The van der Waals surface area contributed by atoms with Crippen molar-refractivity contribution in [3.05, 3.63) is 47.9 Å². The summed E-state index contributed by atoms with van der Waals surface area (Å²) < 4.78 is 7.70. The molecule has 0 radical (unpaired) electrons. The standard InChI is InChI=1S/C24H30N4O3.2ClH/c1-16-27(11-12-28(16)15-31-23(30)24(14-25)9-10-24)13-17-7-8-20-21(22(17)29)18-5-3-4-6-19(18)26(20)2;;/h3-6,11-12,16-17H,7-10,13-15,25H2,1-2H3;2*1H. The molecule has 1 aromatic heterocycles. The zero-order chi connectivity index (χ0) is 21.8. The molecule has 2 heterocycles. The summed E-state index contributed by atoms with van der Waals surface area (Å²) in [5.41, 5.74) is 8.44. The van der Waals surface area contributed by atoms with E-state index < -0.39 is 5.41 Å². The largest absolute Gasteiger partial charge is 0.444 e. The minimum absolute atomic E-state index is 0. The predicted octanol–water partition coefficient (Wildman–Crippen LogP) is 3.44. The Morgan fingerprint density at radius 2 is 1.88 bits per heavy atom. The number of nitrogens with zero attached hydrogens (tertiary/aromatic N) is 3. The Kier molecular flexibility index (Phi) is 7.36. The minimum atomic E-state index is -0.447. The van der Waals surface area contributed by atoms with Gasteiger partial charge in [-0.1, -0.05) is 18.2 Å². The van der Waals surface area contributed by atoms with E-state index in [1.54, 1.807) is 0 Å². The molecular formula is C24H32Cl2N4O3. The molecule has 0 saturated heterocycles. The van der Waals surface area contributed by atoms with E-state index in [0.29, 0.717) is 13.1 Å². The molecule has 180 valence electrons. The number of para-hydroxylation sites is 1. The zero-order valence-corrected chi connectivity index (χ0v) is 20.7. The van der Waals surface area contributed by atoms with Crippen LogP contribution < -0.4 is 5.73 Å². The Balaban J connectivity index is 0.00000153. The predicted molar refractivity (Wildman–Crippen MR) is 132 cm³/mol. The number of aryl methyl sites for hydroxylation is 1. The second-order valence-electron chi connectivity index (χ2n) is 9.18. The Morgan fingerprint density at radius 3 is 2.58 bits per heavy atom. The lowest BCUT2D eigenvalue weighted by atomic mass is 9.84. The van der Waals surface area contributed by atoms with Crippen LogP contribution in [0.1, 0.15) is 42.2 Å². The summed E-state index contributed by atoms with van der Waals surface area (Å²) in [6.07, 6.45) is 7.37. The molecule has 2 unspecified atom stereocenters. The molecule has 1 saturated carbocycles. The third-order valence-electron chi connectivity index (χ3n) is 7.44. The minimum Gasteiger partial charge on any atom is -0.444 e. The Morgan fingerprint density at radius 1 is 1.18 bits per heavy atom. The van der Waals surface area contributed by atoms with Crippen molar-refractivity contribution in [2.45, 2.75) is 38.8 Å². The molecule has 3 aliphatic rings. The van der Waals surface area contributed by atoms with Crippen LogP contribution in [0.25, 0.3) is 10.9 Å². The van der Waals surface area contributed by atoms with Crippen molar-refractivity contribution in [1.29, 1.82) is 0 Å². The van der Waals surface area contributed by atoms with Gasteiger partial charge in [0.15, 0.2) is 12.5 Å². The normalized spacial score (nSPS) is 22.6. The number of nitrogens with two attached hydrogens (primary N) is 1. The lowest BCUT2D eigenvalue weighted by molar-refractivity contribution is -0.154. The molecule has 1 fully saturated rings. The van der Waals surface area contributed by atoms with Crippen LogP contribution in [0.3, 0.4) is 0 Å². The summed E-state index contributed by atoms with van der Waals surface area (Å²) in [6, 6.07) is 8.15. The summed E-state index contributed by atoms with van der Waals surface area (Å²) >= 11 is 0. The van der Waals surface area contributed by atoms with Gasteiger partial charge in [0, 0.05) is 60.6 Å². The van der Waals surface area contributed by atoms with E-state index in [-0.39, 0.29) is 55.4 Å². The quantitative estimate of drug-likeness (QED) is 0.619. The van der Waals surface area contributed by atoms with Crippen LogP contribution in [-0.4, -0.2) is 52.1 Å². The second kappa shape index (κ2) is 9.57. The highest BCUT2D eigenvalue weighted by molar-refractivity contribution is 6.11. The summed E-state index contributed by atoms with van der Waals surface area (Å²) in [5, 5.41) is 1.06. The Bertz CT molecular complexity index is 1080. The molecule has 9 heteroatoms. The average Bonchev–Trinajstić information content (AvgIpc) is 3.44. The molecule has 2 aromatic rings. The smallest absolute Gasteiger partial charge is 0.315 e. The lowest BCUT2D eigenvalue weighted by Gasteiger charge is -2.33. The number of halogens is 2. The number of rotatable bonds is 6. The van der Waals surface area contributed by atoms with Gasteiger partial charge < -0.3 is 24.8 Å². The topological polar surface area (TPSA) is 80.8 Å². The molecule has 1 aromatic carbocycles. The van der Waals surface area contributed by atoms with E-state index in [1.165, 1.54) is 0 Å². The zero-order valence-electron chi connectivity index (χ0n) is 19.0. The molecule has 33 heavy (non-hydrogen) atoms. The first kappa shape index (κ1) is 25.4. The summed E-state index contributed by atoms with van der Waals surface area (Å²) in [6.45, 7) is 3.29. The Labute approximate surface area is 206 Å². The van der Waals surface area contributed by atoms with E-state index in [1.807, 2.05) is 29.4 Å².